The van der Waals surface area contributed by atoms with Gasteiger partial charge in [0.1, 0.15) is 5.54 Å². The summed E-state index contributed by atoms with van der Waals surface area (Å²) in [5.41, 5.74) is -0.669. The molecule has 130 valence electrons. The van der Waals surface area contributed by atoms with Crippen molar-refractivity contribution in [3.63, 3.8) is 0 Å². The van der Waals surface area contributed by atoms with Gasteiger partial charge in [0.25, 0.3) is 5.91 Å². The number of thiophene rings is 1. The van der Waals surface area contributed by atoms with E-state index in [4.69, 9.17) is 0 Å². The van der Waals surface area contributed by atoms with Crippen LogP contribution in [0.25, 0.3) is 0 Å². The van der Waals surface area contributed by atoms with E-state index in [0.717, 1.165) is 45.6 Å². The SMILES string of the molecule is CC1(C2CC2)NC(=O)N(CN2CCN(Cc3cccs3)CC2)C1=O. The molecule has 1 N–H and O–H groups in total. The first-order valence-electron chi connectivity index (χ1n) is 8.67. The number of rotatable bonds is 5. The fraction of sp³-hybridized carbons (Fsp3) is 0.647. The third-order valence-electron chi connectivity index (χ3n) is 5.46. The minimum atomic E-state index is -0.669. The lowest BCUT2D eigenvalue weighted by molar-refractivity contribution is -0.133. The van der Waals surface area contributed by atoms with Gasteiger partial charge in [0.05, 0.1) is 6.67 Å². The van der Waals surface area contributed by atoms with E-state index in [1.54, 1.807) is 11.3 Å². The van der Waals surface area contributed by atoms with Crippen molar-refractivity contribution in [1.82, 2.24) is 20.0 Å². The Morgan fingerprint density at radius 3 is 2.54 bits per heavy atom. The Kier molecular flexibility index (Phi) is 4.10. The molecule has 1 unspecified atom stereocenters. The van der Waals surface area contributed by atoms with Crippen LogP contribution in [0.3, 0.4) is 0 Å². The van der Waals surface area contributed by atoms with E-state index in [0.29, 0.717) is 12.6 Å². The monoisotopic (exact) mass is 348 g/mol. The Labute approximate surface area is 146 Å². The number of hydrogen-bond acceptors (Lipinski definition) is 5. The molecule has 1 atom stereocenters. The Morgan fingerprint density at radius 2 is 1.92 bits per heavy atom. The Hall–Kier alpha value is -1.44. The molecule has 3 aliphatic rings. The van der Waals surface area contributed by atoms with Gasteiger partial charge in [0, 0.05) is 37.6 Å². The number of carbonyl (C=O) groups is 2. The van der Waals surface area contributed by atoms with Crippen LogP contribution in [0.2, 0.25) is 0 Å². The maximum atomic E-state index is 12.7. The highest BCUT2D eigenvalue weighted by atomic mass is 32.1. The normalized spacial score (nSPS) is 29.3. The molecule has 0 spiro atoms. The van der Waals surface area contributed by atoms with Gasteiger partial charge in [0.15, 0.2) is 0 Å². The molecule has 0 aromatic carbocycles. The van der Waals surface area contributed by atoms with Crippen molar-refractivity contribution < 1.29 is 9.59 Å². The number of piperazine rings is 1. The summed E-state index contributed by atoms with van der Waals surface area (Å²) in [6.45, 7) is 7.02. The van der Waals surface area contributed by atoms with Gasteiger partial charge < -0.3 is 5.32 Å². The van der Waals surface area contributed by atoms with Gasteiger partial charge in [-0.25, -0.2) is 9.69 Å². The van der Waals surface area contributed by atoms with E-state index in [1.807, 2.05) is 6.92 Å². The van der Waals surface area contributed by atoms with Crippen molar-refractivity contribution >= 4 is 23.3 Å². The molecular formula is C17H24N4O2S. The Morgan fingerprint density at radius 1 is 1.21 bits per heavy atom. The van der Waals surface area contributed by atoms with Gasteiger partial charge >= 0.3 is 6.03 Å². The summed E-state index contributed by atoms with van der Waals surface area (Å²) in [5.74, 6) is 0.276. The molecule has 0 bridgehead atoms. The van der Waals surface area contributed by atoms with Gasteiger partial charge in [-0.05, 0) is 37.1 Å². The zero-order chi connectivity index (χ0) is 16.7. The molecule has 1 aromatic heterocycles. The molecule has 2 aliphatic heterocycles. The van der Waals surface area contributed by atoms with Crippen molar-refractivity contribution in [2.45, 2.75) is 31.8 Å². The fourth-order valence-corrected chi connectivity index (χ4v) is 4.44. The van der Waals surface area contributed by atoms with Crippen LogP contribution < -0.4 is 5.32 Å². The van der Waals surface area contributed by atoms with Crippen molar-refractivity contribution in [3.8, 4) is 0 Å². The third-order valence-corrected chi connectivity index (χ3v) is 6.32. The van der Waals surface area contributed by atoms with Gasteiger partial charge in [-0.15, -0.1) is 11.3 Å². The summed E-state index contributed by atoms with van der Waals surface area (Å²) in [4.78, 5) is 32.4. The first kappa shape index (κ1) is 16.1. The number of urea groups is 1. The highest BCUT2D eigenvalue weighted by molar-refractivity contribution is 7.09. The molecule has 1 aliphatic carbocycles. The number of nitrogens with zero attached hydrogens (tertiary/aromatic N) is 3. The van der Waals surface area contributed by atoms with Crippen LogP contribution >= 0.6 is 11.3 Å². The minimum absolute atomic E-state index is 0.0454. The predicted octanol–water partition coefficient (Wildman–Crippen LogP) is 1.54. The molecule has 0 radical (unpaired) electrons. The van der Waals surface area contributed by atoms with Gasteiger partial charge in [-0.2, -0.15) is 0 Å². The molecule has 3 heterocycles. The molecule has 2 saturated heterocycles. The number of amides is 3. The van der Waals surface area contributed by atoms with E-state index < -0.39 is 5.54 Å². The van der Waals surface area contributed by atoms with Crippen molar-refractivity contribution in [2.24, 2.45) is 5.92 Å². The average Bonchev–Trinajstić information content (AvgIpc) is 3.27. The zero-order valence-corrected chi connectivity index (χ0v) is 14.8. The zero-order valence-electron chi connectivity index (χ0n) is 14.0. The van der Waals surface area contributed by atoms with E-state index in [-0.39, 0.29) is 11.9 Å². The van der Waals surface area contributed by atoms with Crippen molar-refractivity contribution in [3.05, 3.63) is 22.4 Å². The van der Waals surface area contributed by atoms with E-state index in [2.05, 4.69) is 32.6 Å². The molecule has 1 aromatic rings. The highest BCUT2D eigenvalue weighted by Gasteiger charge is 2.56. The second kappa shape index (κ2) is 6.13. The summed E-state index contributed by atoms with van der Waals surface area (Å²) in [6.07, 6.45) is 2.08. The van der Waals surface area contributed by atoms with Gasteiger partial charge in [0.2, 0.25) is 0 Å². The molecule has 4 rings (SSSR count). The molecular weight excluding hydrogens is 324 g/mol. The minimum Gasteiger partial charge on any atom is -0.323 e. The number of hydrogen-bond donors (Lipinski definition) is 1. The lowest BCUT2D eigenvalue weighted by Gasteiger charge is -2.35. The van der Waals surface area contributed by atoms with Crippen molar-refractivity contribution in [1.29, 1.82) is 0 Å². The number of imide groups is 1. The third kappa shape index (κ3) is 2.96. The molecule has 1 saturated carbocycles. The Balaban J connectivity index is 1.30. The van der Waals surface area contributed by atoms with Crippen LogP contribution in [0.4, 0.5) is 4.79 Å². The van der Waals surface area contributed by atoms with Crippen LogP contribution in [0.1, 0.15) is 24.6 Å². The molecule has 3 fully saturated rings. The van der Waals surface area contributed by atoms with Crippen LogP contribution in [-0.4, -0.2) is 65.0 Å². The first-order valence-corrected chi connectivity index (χ1v) is 9.55. The van der Waals surface area contributed by atoms with Gasteiger partial charge in [-0.3, -0.25) is 14.6 Å². The first-order chi connectivity index (χ1) is 11.6. The van der Waals surface area contributed by atoms with E-state index in [9.17, 15) is 9.59 Å². The quantitative estimate of drug-likeness (QED) is 0.820. The lowest BCUT2D eigenvalue weighted by Crippen LogP contribution is -2.51. The number of carbonyl (C=O) groups excluding carboxylic acids is 2. The van der Waals surface area contributed by atoms with Crippen molar-refractivity contribution in [2.75, 3.05) is 32.8 Å². The predicted molar refractivity (Wildman–Crippen MR) is 92.5 cm³/mol. The van der Waals surface area contributed by atoms with E-state index >= 15 is 0 Å². The second-order valence-corrected chi connectivity index (χ2v) is 8.29. The van der Waals surface area contributed by atoms with E-state index in [1.165, 1.54) is 9.78 Å². The smallest absolute Gasteiger partial charge is 0.323 e. The number of nitrogens with one attached hydrogen (secondary N) is 1. The van der Waals surface area contributed by atoms with Crippen LogP contribution in [0.15, 0.2) is 17.5 Å². The maximum Gasteiger partial charge on any atom is 0.326 e. The summed E-state index contributed by atoms with van der Waals surface area (Å²) < 4.78 is 0. The standard InChI is InChI=1S/C17H24N4O2S/c1-17(13-4-5-13)15(22)21(16(23)18-17)12-20-8-6-19(7-9-20)11-14-3-2-10-24-14/h2-3,10,13H,4-9,11-12H2,1H3,(H,18,23). The lowest BCUT2D eigenvalue weighted by atomic mass is 9.96. The summed E-state index contributed by atoms with van der Waals surface area (Å²) in [7, 11) is 0. The van der Waals surface area contributed by atoms with Crippen LogP contribution in [0.5, 0.6) is 0 Å². The van der Waals surface area contributed by atoms with Crippen LogP contribution in [-0.2, 0) is 11.3 Å². The topological polar surface area (TPSA) is 55.9 Å². The highest BCUT2D eigenvalue weighted by Crippen LogP contribution is 2.42. The van der Waals surface area contributed by atoms with Gasteiger partial charge in [-0.1, -0.05) is 6.07 Å². The molecule has 6 nitrogen and oxygen atoms in total. The average molecular weight is 348 g/mol. The summed E-state index contributed by atoms with van der Waals surface area (Å²) >= 11 is 1.79. The second-order valence-electron chi connectivity index (χ2n) is 7.25. The molecule has 7 heteroatoms. The Bertz CT molecular complexity index is 623. The largest absolute Gasteiger partial charge is 0.326 e. The van der Waals surface area contributed by atoms with Crippen LogP contribution in [0, 0.1) is 5.92 Å². The molecule has 24 heavy (non-hydrogen) atoms. The molecule has 3 amide bonds. The maximum absolute atomic E-state index is 12.7. The summed E-state index contributed by atoms with van der Waals surface area (Å²) in [5, 5.41) is 5.03. The fourth-order valence-electron chi connectivity index (χ4n) is 3.69. The summed E-state index contributed by atoms with van der Waals surface area (Å²) in [6, 6.07) is 4.03.